The molecule has 0 bridgehead atoms. The third-order valence-corrected chi connectivity index (χ3v) is 5.26. The summed E-state index contributed by atoms with van der Waals surface area (Å²) >= 11 is 1.29. The highest BCUT2D eigenvalue weighted by atomic mass is 32.1. The van der Waals surface area contributed by atoms with E-state index in [0.717, 1.165) is 17.7 Å². The van der Waals surface area contributed by atoms with Crippen LogP contribution in [0.3, 0.4) is 0 Å². The molecule has 5 nitrogen and oxygen atoms in total. The summed E-state index contributed by atoms with van der Waals surface area (Å²) in [5.41, 5.74) is 1.65. The van der Waals surface area contributed by atoms with Crippen molar-refractivity contribution in [3.8, 4) is 16.3 Å². The molecule has 0 aliphatic carbocycles. The second-order valence-corrected chi connectivity index (χ2v) is 7.21. The lowest BCUT2D eigenvalue weighted by Gasteiger charge is -2.18. The molecule has 0 saturated carbocycles. The second kappa shape index (κ2) is 9.41. The highest BCUT2D eigenvalue weighted by Gasteiger charge is 2.20. The van der Waals surface area contributed by atoms with Gasteiger partial charge in [-0.2, -0.15) is 0 Å². The number of rotatable bonds is 8. The molecule has 1 amide bonds. The number of hydrogen-bond donors (Lipinski definition) is 0. The molecule has 0 aliphatic rings. The zero-order chi connectivity index (χ0) is 19.9. The van der Waals surface area contributed by atoms with Crippen LogP contribution in [0.1, 0.15) is 25.3 Å². The molecule has 0 saturated heterocycles. The summed E-state index contributed by atoms with van der Waals surface area (Å²) < 4.78 is 18.8. The predicted octanol–water partition coefficient (Wildman–Crippen LogP) is 4.73. The lowest BCUT2D eigenvalue weighted by molar-refractivity contribution is -0.118. The molecule has 0 radical (unpaired) electrons. The molecule has 28 heavy (non-hydrogen) atoms. The van der Waals surface area contributed by atoms with E-state index in [9.17, 15) is 9.18 Å². The maximum Gasteiger partial charge on any atom is 0.229 e. The van der Waals surface area contributed by atoms with Gasteiger partial charge in [0.1, 0.15) is 16.6 Å². The number of hydrogen-bond acceptors (Lipinski definition) is 5. The molecule has 146 valence electrons. The number of carbonyl (C=O) groups is 1. The topological polar surface area (TPSA) is 55.3 Å². The minimum atomic E-state index is -0.326. The lowest BCUT2D eigenvalue weighted by atomic mass is 10.1. The quantitative estimate of drug-likeness (QED) is 0.550. The van der Waals surface area contributed by atoms with Crippen LogP contribution >= 0.6 is 11.3 Å². The van der Waals surface area contributed by atoms with Gasteiger partial charge < -0.3 is 4.74 Å². The van der Waals surface area contributed by atoms with Crippen LogP contribution in [0.15, 0.2) is 48.5 Å². The van der Waals surface area contributed by atoms with E-state index in [1.165, 1.54) is 23.5 Å². The molecule has 0 N–H and O–H groups in total. The number of ether oxygens (including phenoxy) is 1. The van der Waals surface area contributed by atoms with Crippen molar-refractivity contribution in [1.29, 1.82) is 0 Å². The Bertz CT molecular complexity index is 945. The van der Waals surface area contributed by atoms with Gasteiger partial charge in [-0.05, 0) is 36.6 Å². The highest BCUT2D eigenvalue weighted by Crippen LogP contribution is 2.30. The Morgan fingerprint density at radius 3 is 2.75 bits per heavy atom. The summed E-state index contributed by atoms with van der Waals surface area (Å²) in [7, 11) is 1.62. The van der Waals surface area contributed by atoms with Crippen molar-refractivity contribution in [3.63, 3.8) is 0 Å². The Morgan fingerprint density at radius 2 is 2.00 bits per heavy atom. The number of amides is 1. The Morgan fingerprint density at radius 1 is 1.18 bits per heavy atom. The minimum Gasteiger partial charge on any atom is -0.496 e. The number of benzene rings is 2. The number of methoxy groups -OCH3 is 1. The van der Waals surface area contributed by atoms with Crippen LogP contribution in [0, 0.1) is 5.82 Å². The molecular formula is C21H22FN3O2S. The number of carbonyl (C=O) groups excluding carboxylic acids is 1. The Kier molecular flexibility index (Phi) is 6.71. The molecule has 3 rings (SSSR count). The molecule has 2 aromatic carbocycles. The van der Waals surface area contributed by atoms with Crippen molar-refractivity contribution in [2.75, 3.05) is 18.6 Å². The van der Waals surface area contributed by atoms with Crippen molar-refractivity contribution in [1.82, 2.24) is 10.2 Å². The molecule has 0 unspecified atom stereocenters. The molecule has 0 spiro atoms. The van der Waals surface area contributed by atoms with Gasteiger partial charge in [0.15, 0.2) is 0 Å². The summed E-state index contributed by atoms with van der Waals surface area (Å²) in [5, 5.41) is 9.45. The van der Waals surface area contributed by atoms with Crippen LogP contribution in [0.4, 0.5) is 9.52 Å². The van der Waals surface area contributed by atoms with Crippen LogP contribution in [-0.4, -0.2) is 29.8 Å². The first-order chi connectivity index (χ1) is 13.6. The average molecular weight is 399 g/mol. The van der Waals surface area contributed by atoms with Gasteiger partial charge in [-0.25, -0.2) is 4.39 Å². The highest BCUT2D eigenvalue weighted by molar-refractivity contribution is 7.18. The number of aromatic nitrogens is 2. The van der Waals surface area contributed by atoms with E-state index in [4.69, 9.17) is 4.74 Å². The van der Waals surface area contributed by atoms with E-state index < -0.39 is 0 Å². The minimum absolute atomic E-state index is 0.0188. The second-order valence-electron chi connectivity index (χ2n) is 6.26. The van der Waals surface area contributed by atoms with Crippen molar-refractivity contribution >= 4 is 22.4 Å². The maximum atomic E-state index is 13.5. The molecule has 0 aliphatic heterocycles. The molecule has 3 aromatic rings. The SMILES string of the molecule is CCCN(C(=O)CCc1ccccc1OC)c1nnc(-c2cccc(F)c2)s1. The van der Waals surface area contributed by atoms with Crippen LogP contribution in [0.5, 0.6) is 5.75 Å². The van der Waals surface area contributed by atoms with E-state index >= 15 is 0 Å². The van der Waals surface area contributed by atoms with E-state index in [1.807, 2.05) is 31.2 Å². The summed E-state index contributed by atoms with van der Waals surface area (Å²) in [4.78, 5) is 14.5. The first-order valence-corrected chi connectivity index (χ1v) is 9.95. The Hall–Kier alpha value is -2.80. The first kappa shape index (κ1) is 19.9. The summed E-state index contributed by atoms with van der Waals surface area (Å²) in [6.45, 7) is 2.57. The van der Waals surface area contributed by atoms with Crippen LogP contribution < -0.4 is 9.64 Å². The monoisotopic (exact) mass is 399 g/mol. The van der Waals surface area contributed by atoms with Crippen LogP contribution in [-0.2, 0) is 11.2 Å². The van der Waals surface area contributed by atoms with Gasteiger partial charge in [-0.1, -0.05) is 48.6 Å². The number of anilines is 1. The van der Waals surface area contributed by atoms with Crippen molar-refractivity contribution in [2.45, 2.75) is 26.2 Å². The number of aryl methyl sites for hydroxylation is 1. The van der Waals surface area contributed by atoms with Gasteiger partial charge in [0.05, 0.1) is 7.11 Å². The number of para-hydroxylation sites is 1. The molecular weight excluding hydrogens is 377 g/mol. The first-order valence-electron chi connectivity index (χ1n) is 9.14. The molecule has 7 heteroatoms. The van der Waals surface area contributed by atoms with E-state index in [0.29, 0.717) is 35.1 Å². The van der Waals surface area contributed by atoms with Crippen molar-refractivity contribution in [3.05, 3.63) is 59.9 Å². The van der Waals surface area contributed by atoms with E-state index in [2.05, 4.69) is 10.2 Å². The van der Waals surface area contributed by atoms with E-state index in [-0.39, 0.29) is 11.7 Å². The summed E-state index contributed by atoms with van der Waals surface area (Å²) in [6, 6.07) is 13.9. The number of halogens is 1. The molecule has 0 fully saturated rings. The van der Waals surface area contributed by atoms with Crippen molar-refractivity contribution in [2.24, 2.45) is 0 Å². The zero-order valence-electron chi connectivity index (χ0n) is 15.9. The normalized spacial score (nSPS) is 10.7. The fourth-order valence-corrected chi connectivity index (χ4v) is 3.78. The molecule has 1 aromatic heterocycles. The standard InChI is InChI=1S/C21H22FN3O2S/c1-3-13-25(19(26)12-11-15-7-4-5-10-18(15)27-2)21-24-23-20(28-21)16-8-6-9-17(22)14-16/h4-10,14H,3,11-13H2,1-2H3. The van der Waals surface area contributed by atoms with Crippen LogP contribution in [0.2, 0.25) is 0 Å². The largest absolute Gasteiger partial charge is 0.496 e. The Labute approximate surface area is 167 Å². The zero-order valence-corrected chi connectivity index (χ0v) is 16.7. The van der Waals surface area contributed by atoms with Crippen molar-refractivity contribution < 1.29 is 13.9 Å². The molecule has 0 atom stereocenters. The van der Waals surface area contributed by atoms with Gasteiger partial charge in [0.2, 0.25) is 11.0 Å². The Balaban J connectivity index is 1.75. The third-order valence-electron chi connectivity index (χ3n) is 4.27. The average Bonchev–Trinajstić information content (AvgIpc) is 3.20. The smallest absolute Gasteiger partial charge is 0.229 e. The summed E-state index contributed by atoms with van der Waals surface area (Å²) in [6.07, 6.45) is 1.73. The third kappa shape index (κ3) is 4.72. The maximum absolute atomic E-state index is 13.5. The van der Waals surface area contributed by atoms with E-state index in [1.54, 1.807) is 24.1 Å². The van der Waals surface area contributed by atoms with Gasteiger partial charge >= 0.3 is 0 Å². The lowest BCUT2D eigenvalue weighted by Crippen LogP contribution is -2.31. The summed E-state index contributed by atoms with van der Waals surface area (Å²) in [5.74, 6) is 0.434. The van der Waals surface area contributed by atoms with Gasteiger partial charge in [0.25, 0.3) is 0 Å². The van der Waals surface area contributed by atoms with Gasteiger partial charge in [-0.15, -0.1) is 10.2 Å². The fourth-order valence-electron chi connectivity index (χ4n) is 2.90. The van der Waals surface area contributed by atoms with Gasteiger partial charge in [0, 0.05) is 18.5 Å². The number of nitrogens with zero attached hydrogens (tertiary/aromatic N) is 3. The predicted molar refractivity (Wildman–Crippen MR) is 109 cm³/mol. The fraction of sp³-hybridized carbons (Fsp3) is 0.286. The molecule has 1 heterocycles. The van der Waals surface area contributed by atoms with Gasteiger partial charge in [-0.3, -0.25) is 9.69 Å². The van der Waals surface area contributed by atoms with Crippen LogP contribution in [0.25, 0.3) is 10.6 Å².